The number of ketones is 1. The topological polar surface area (TPSA) is 91.0 Å². The van der Waals surface area contributed by atoms with Gasteiger partial charge in [-0.25, -0.2) is 0 Å². The van der Waals surface area contributed by atoms with Gasteiger partial charge in [-0.1, -0.05) is 17.3 Å². The van der Waals surface area contributed by atoms with Crippen LogP contribution in [0.3, 0.4) is 0 Å². The van der Waals surface area contributed by atoms with Crippen molar-refractivity contribution in [3.05, 3.63) is 69.3 Å². The summed E-state index contributed by atoms with van der Waals surface area (Å²) in [6.45, 7) is 1.59. The van der Waals surface area contributed by atoms with Gasteiger partial charge in [-0.2, -0.15) is 0 Å². The van der Waals surface area contributed by atoms with Crippen LogP contribution in [0.2, 0.25) is 0 Å². The maximum Gasteiger partial charge on any atom is 0.270 e. The molecule has 7 heteroatoms. The molecule has 0 aliphatic carbocycles. The molecule has 0 saturated heterocycles. The van der Waals surface area contributed by atoms with Gasteiger partial charge in [0.2, 0.25) is 0 Å². The van der Waals surface area contributed by atoms with Crippen molar-refractivity contribution < 1.29 is 19.3 Å². The Morgan fingerprint density at radius 3 is 2.75 bits per heavy atom. The van der Waals surface area contributed by atoms with Crippen molar-refractivity contribution in [2.45, 2.75) is 13.5 Å². The van der Waals surface area contributed by atoms with E-state index in [2.05, 4.69) is 5.16 Å². The Morgan fingerprint density at radius 1 is 1.29 bits per heavy atom. The van der Waals surface area contributed by atoms with Crippen LogP contribution < -0.4 is 4.74 Å². The lowest BCUT2D eigenvalue weighted by molar-refractivity contribution is -0.384. The first-order valence-corrected chi connectivity index (χ1v) is 7.09. The molecule has 0 aliphatic heterocycles. The average molecular weight is 328 g/mol. The summed E-state index contributed by atoms with van der Waals surface area (Å²) in [5, 5.41) is 14.5. The molecule has 2 aromatic carbocycles. The second kappa shape index (κ2) is 7.87. The number of nitro benzene ring substituents is 1. The van der Waals surface area contributed by atoms with Crippen LogP contribution in [0.25, 0.3) is 0 Å². The summed E-state index contributed by atoms with van der Waals surface area (Å²) in [6.07, 6.45) is 1.38. The molecule has 24 heavy (non-hydrogen) atoms. The zero-order valence-corrected chi connectivity index (χ0v) is 13.3. The van der Waals surface area contributed by atoms with E-state index < -0.39 is 4.92 Å². The van der Waals surface area contributed by atoms with Gasteiger partial charge in [0.25, 0.3) is 5.69 Å². The molecule has 0 aliphatic rings. The molecule has 124 valence electrons. The fourth-order valence-electron chi connectivity index (χ4n) is 2.03. The highest BCUT2D eigenvalue weighted by Gasteiger charge is 2.08. The number of nitrogens with zero attached hydrogens (tertiary/aromatic N) is 2. The number of rotatable bonds is 7. The number of carbonyl (C=O) groups is 1. The van der Waals surface area contributed by atoms with E-state index in [1.54, 1.807) is 30.3 Å². The number of hydrogen-bond donors (Lipinski definition) is 0. The minimum atomic E-state index is -0.476. The molecule has 2 rings (SSSR count). The number of hydrogen-bond acceptors (Lipinski definition) is 6. The highest BCUT2D eigenvalue weighted by molar-refractivity contribution is 5.94. The van der Waals surface area contributed by atoms with Crippen LogP contribution in [0.1, 0.15) is 28.4 Å². The van der Waals surface area contributed by atoms with Gasteiger partial charge >= 0.3 is 0 Å². The fourth-order valence-corrected chi connectivity index (χ4v) is 2.03. The first kappa shape index (κ1) is 17.1. The summed E-state index contributed by atoms with van der Waals surface area (Å²) >= 11 is 0. The second-order valence-corrected chi connectivity index (χ2v) is 4.94. The van der Waals surface area contributed by atoms with Gasteiger partial charge in [0, 0.05) is 28.8 Å². The van der Waals surface area contributed by atoms with E-state index in [0.29, 0.717) is 22.4 Å². The molecule has 0 unspecified atom stereocenters. The van der Waals surface area contributed by atoms with E-state index in [1.807, 2.05) is 0 Å². The highest BCUT2D eigenvalue weighted by Crippen LogP contribution is 2.21. The lowest BCUT2D eigenvalue weighted by atomic mass is 10.1. The van der Waals surface area contributed by atoms with E-state index in [1.165, 1.54) is 32.4 Å². The maximum atomic E-state index is 11.4. The van der Waals surface area contributed by atoms with Crippen molar-refractivity contribution in [2.75, 3.05) is 7.11 Å². The van der Waals surface area contributed by atoms with Gasteiger partial charge in [-0.05, 0) is 25.1 Å². The standard InChI is InChI=1S/C17H16N2O5/c1-12(20)14-6-7-17(23-2)15(9-14)11-24-18-10-13-4-3-5-16(8-13)19(21)22/h3-10H,11H2,1-2H3/b18-10-. The van der Waals surface area contributed by atoms with E-state index in [9.17, 15) is 14.9 Å². The number of ether oxygens (including phenoxy) is 1. The van der Waals surface area contributed by atoms with Gasteiger partial charge in [-0.15, -0.1) is 0 Å². The van der Waals surface area contributed by atoms with Gasteiger partial charge in [0.15, 0.2) is 5.78 Å². The third-order valence-electron chi connectivity index (χ3n) is 3.26. The summed E-state index contributed by atoms with van der Waals surface area (Å²) in [6, 6.07) is 11.1. The van der Waals surface area contributed by atoms with Crippen molar-refractivity contribution in [3.8, 4) is 5.75 Å². The maximum absolute atomic E-state index is 11.4. The number of oxime groups is 1. The Balaban J connectivity index is 2.06. The lowest BCUT2D eigenvalue weighted by Gasteiger charge is -2.08. The highest BCUT2D eigenvalue weighted by atomic mass is 16.6. The smallest absolute Gasteiger partial charge is 0.270 e. The predicted octanol–water partition coefficient (Wildman–Crippen LogP) is 3.36. The number of nitro groups is 1. The number of methoxy groups -OCH3 is 1. The van der Waals surface area contributed by atoms with Gasteiger partial charge in [-0.3, -0.25) is 14.9 Å². The van der Waals surface area contributed by atoms with Crippen LogP contribution in [0.4, 0.5) is 5.69 Å². The Kier molecular flexibility index (Phi) is 5.62. The quantitative estimate of drug-likeness (QED) is 0.336. The van der Waals surface area contributed by atoms with Crippen molar-refractivity contribution in [1.82, 2.24) is 0 Å². The first-order chi connectivity index (χ1) is 11.5. The summed E-state index contributed by atoms with van der Waals surface area (Å²) in [4.78, 5) is 26.9. The Hall–Kier alpha value is -3.22. The fraction of sp³-hybridized carbons (Fsp3) is 0.176. The molecule has 0 N–H and O–H groups in total. The van der Waals surface area contributed by atoms with Crippen molar-refractivity contribution in [2.24, 2.45) is 5.16 Å². The Morgan fingerprint density at radius 2 is 2.08 bits per heavy atom. The average Bonchev–Trinajstić information content (AvgIpc) is 2.58. The first-order valence-electron chi connectivity index (χ1n) is 7.09. The molecule has 0 fully saturated rings. The number of benzene rings is 2. The van der Waals surface area contributed by atoms with Crippen LogP contribution in [0.5, 0.6) is 5.75 Å². The molecule has 7 nitrogen and oxygen atoms in total. The zero-order valence-electron chi connectivity index (χ0n) is 13.3. The van der Waals surface area contributed by atoms with Crippen molar-refractivity contribution >= 4 is 17.7 Å². The zero-order chi connectivity index (χ0) is 17.5. The minimum absolute atomic E-state index is 0.0187. The third-order valence-corrected chi connectivity index (χ3v) is 3.26. The monoisotopic (exact) mass is 328 g/mol. The van der Waals surface area contributed by atoms with Crippen LogP contribution in [-0.2, 0) is 11.4 Å². The van der Waals surface area contributed by atoms with Crippen molar-refractivity contribution in [1.29, 1.82) is 0 Å². The predicted molar refractivity (Wildman–Crippen MR) is 88.5 cm³/mol. The van der Waals surface area contributed by atoms with Gasteiger partial charge in [0.05, 0.1) is 18.2 Å². The third kappa shape index (κ3) is 4.39. The van der Waals surface area contributed by atoms with E-state index in [-0.39, 0.29) is 18.1 Å². The van der Waals surface area contributed by atoms with Crippen LogP contribution in [-0.4, -0.2) is 24.0 Å². The van der Waals surface area contributed by atoms with E-state index in [0.717, 1.165) is 0 Å². The SMILES string of the molecule is COc1ccc(C(C)=O)cc1CO/N=C\c1cccc([N+](=O)[O-])c1. The molecule has 0 atom stereocenters. The van der Waals surface area contributed by atoms with Crippen LogP contribution >= 0.6 is 0 Å². The molecular formula is C17H16N2O5. The number of Topliss-reactive ketones (excluding diaryl/α,β-unsaturated/α-hetero) is 1. The molecule has 0 amide bonds. The minimum Gasteiger partial charge on any atom is -0.496 e. The van der Waals surface area contributed by atoms with Crippen molar-refractivity contribution in [3.63, 3.8) is 0 Å². The molecule has 0 aromatic heterocycles. The van der Waals surface area contributed by atoms with Gasteiger partial charge in [0.1, 0.15) is 12.4 Å². The number of carbonyl (C=O) groups excluding carboxylic acids is 1. The molecule has 0 heterocycles. The molecule has 2 aromatic rings. The number of non-ortho nitro benzene ring substituents is 1. The molecule has 0 spiro atoms. The van der Waals surface area contributed by atoms with Gasteiger partial charge < -0.3 is 9.57 Å². The normalized spacial score (nSPS) is 10.6. The summed E-state index contributed by atoms with van der Waals surface area (Å²) < 4.78 is 5.22. The second-order valence-electron chi connectivity index (χ2n) is 4.94. The molecule has 0 radical (unpaired) electrons. The van der Waals surface area contributed by atoms with Crippen LogP contribution in [0, 0.1) is 10.1 Å². The summed E-state index contributed by atoms with van der Waals surface area (Å²) in [5.74, 6) is 0.532. The lowest BCUT2D eigenvalue weighted by Crippen LogP contribution is -1.99. The molecule has 0 saturated carbocycles. The van der Waals surface area contributed by atoms with E-state index in [4.69, 9.17) is 9.57 Å². The summed E-state index contributed by atoms with van der Waals surface area (Å²) in [7, 11) is 1.53. The van der Waals surface area contributed by atoms with E-state index >= 15 is 0 Å². The van der Waals surface area contributed by atoms with Crippen LogP contribution in [0.15, 0.2) is 47.6 Å². The Bertz CT molecular complexity index is 786. The Labute approximate surface area is 138 Å². The molecule has 0 bridgehead atoms. The molecular weight excluding hydrogens is 312 g/mol. The summed E-state index contributed by atoms with van der Waals surface area (Å²) in [5.41, 5.74) is 1.77. The largest absolute Gasteiger partial charge is 0.496 e.